The highest BCUT2D eigenvalue weighted by molar-refractivity contribution is 8.93. The van der Waals surface area contributed by atoms with Crippen LogP contribution in [0.15, 0.2) is 46.4 Å². The molecule has 0 amide bonds. The fourth-order valence-corrected chi connectivity index (χ4v) is 3.50. The Labute approximate surface area is 138 Å². The number of aliphatic imine (C=N–C) groups is 1. The van der Waals surface area contributed by atoms with Crippen LogP contribution in [-0.4, -0.2) is 34.2 Å². The van der Waals surface area contributed by atoms with E-state index in [4.69, 9.17) is 0 Å². The van der Waals surface area contributed by atoms with E-state index in [1.165, 1.54) is 0 Å². The standard InChI is InChI=1S/C15H16N2O2S.BrH/c18-14(19)12(8-11-4-2-1-3-5-11)9-13-10-20-15-16-6-7-17(13)15;/h1-5,10,12H,6-9H2,(H,18,19);1H/t12-;/m1./s1. The summed E-state index contributed by atoms with van der Waals surface area (Å²) in [5.74, 6) is -1.12. The van der Waals surface area contributed by atoms with Gasteiger partial charge >= 0.3 is 5.97 Å². The fraction of sp³-hybridized carbons (Fsp3) is 0.333. The number of fused-ring (bicyclic) bond motifs is 1. The first-order chi connectivity index (χ1) is 9.74. The molecule has 4 nitrogen and oxygen atoms in total. The predicted molar refractivity (Wildman–Crippen MR) is 90.9 cm³/mol. The lowest BCUT2D eigenvalue weighted by molar-refractivity contribution is -0.141. The van der Waals surface area contributed by atoms with Crippen LogP contribution in [0.1, 0.15) is 12.0 Å². The van der Waals surface area contributed by atoms with Crippen molar-refractivity contribution in [1.82, 2.24) is 4.90 Å². The normalized spacial score (nSPS) is 17.6. The summed E-state index contributed by atoms with van der Waals surface area (Å²) in [5.41, 5.74) is 2.16. The van der Waals surface area contributed by atoms with Crippen LogP contribution < -0.4 is 0 Å². The average Bonchev–Trinajstić information content (AvgIpc) is 3.04. The van der Waals surface area contributed by atoms with E-state index < -0.39 is 5.97 Å². The average molecular weight is 369 g/mol. The minimum atomic E-state index is -0.732. The van der Waals surface area contributed by atoms with Gasteiger partial charge in [0.15, 0.2) is 5.17 Å². The summed E-state index contributed by atoms with van der Waals surface area (Å²) in [4.78, 5) is 18.0. The second-order valence-electron chi connectivity index (χ2n) is 4.97. The Hall–Kier alpha value is -1.27. The van der Waals surface area contributed by atoms with Crippen molar-refractivity contribution in [2.24, 2.45) is 10.9 Å². The Bertz CT molecular complexity index is 574. The molecule has 1 aromatic rings. The third-order valence-corrected chi connectivity index (χ3v) is 4.53. The minimum absolute atomic E-state index is 0. The predicted octanol–water partition coefficient (Wildman–Crippen LogP) is 3.16. The van der Waals surface area contributed by atoms with E-state index in [-0.39, 0.29) is 22.9 Å². The Balaban J connectivity index is 0.00000161. The van der Waals surface area contributed by atoms with Crippen LogP contribution in [0.2, 0.25) is 0 Å². The molecule has 1 aromatic carbocycles. The number of carbonyl (C=O) groups is 1. The number of benzene rings is 1. The number of halogens is 1. The quantitative estimate of drug-likeness (QED) is 0.866. The monoisotopic (exact) mass is 368 g/mol. The van der Waals surface area contributed by atoms with E-state index in [9.17, 15) is 9.90 Å². The van der Waals surface area contributed by atoms with Gasteiger partial charge in [-0.1, -0.05) is 42.1 Å². The molecule has 0 bridgehead atoms. The maximum absolute atomic E-state index is 11.5. The molecule has 2 heterocycles. The maximum atomic E-state index is 11.5. The number of nitrogens with zero attached hydrogens (tertiary/aromatic N) is 2. The van der Waals surface area contributed by atoms with Gasteiger partial charge in [-0.15, -0.1) is 17.0 Å². The summed E-state index contributed by atoms with van der Waals surface area (Å²) in [7, 11) is 0. The van der Waals surface area contributed by atoms with Crippen molar-refractivity contribution >= 4 is 39.9 Å². The van der Waals surface area contributed by atoms with Gasteiger partial charge in [-0.25, -0.2) is 0 Å². The molecule has 1 atom stereocenters. The van der Waals surface area contributed by atoms with Gasteiger partial charge in [0.2, 0.25) is 0 Å². The van der Waals surface area contributed by atoms with Gasteiger partial charge in [0.25, 0.3) is 0 Å². The maximum Gasteiger partial charge on any atom is 0.307 e. The molecule has 0 fully saturated rings. The van der Waals surface area contributed by atoms with Gasteiger partial charge < -0.3 is 10.0 Å². The Morgan fingerprint density at radius 1 is 1.33 bits per heavy atom. The van der Waals surface area contributed by atoms with E-state index in [2.05, 4.69) is 9.89 Å². The molecule has 6 heteroatoms. The van der Waals surface area contributed by atoms with Gasteiger partial charge in [0.1, 0.15) is 0 Å². The third-order valence-electron chi connectivity index (χ3n) is 3.58. The second kappa shape index (κ2) is 7.13. The zero-order valence-corrected chi connectivity index (χ0v) is 14.0. The molecule has 3 rings (SSSR count). The topological polar surface area (TPSA) is 52.9 Å². The van der Waals surface area contributed by atoms with E-state index >= 15 is 0 Å². The van der Waals surface area contributed by atoms with Gasteiger partial charge in [-0.05, 0) is 17.4 Å². The van der Waals surface area contributed by atoms with Crippen LogP contribution in [-0.2, 0) is 11.2 Å². The Morgan fingerprint density at radius 3 is 2.81 bits per heavy atom. The highest BCUT2D eigenvalue weighted by Gasteiger charge is 2.30. The van der Waals surface area contributed by atoms with E-state index in [1.807, 2.05) is 35.7 Å². The molecule has 0 aliphatic carbocycles. The third kappa shape index (κ3) is 3.68. The summed E-state index contributed by atoms with van der Waals surface area (Å²) in [6.07, 6.45) is 1.13. The smallest absolute Gasteiger partial charge is 0.307 e. The zero-order valence-electron chi connectivity index (χ0n) is 11.4. The molecule has 0 aromatic heterocycles. The fourth-order valence-electron chi connectivity index (χ4n) is 2.53. The number of carboxylic acid groups (broad SMARTS) is 1. The number of carboxylic acids is 1. The van der Waals surface area contributed by atoms with Gasteiger partial charge in [-0.2, -0.15) is 0 Å². The zero-order chi connectivity index (χ0) is 13.9. The first-order valence-electron chi connectivity index (χ1n) is 6.68. The molecule has 0 spiro atoms. The first kappa shape index (κ1) is 16.1. The van der Waals surface area contributed by atoms with Crippen LogP contribution in [0.25, 0.3) is 0 Å². The summed E-state index contributed by atoms with van der Waals surface area (Å²) in [5, 5.41) is 12.5. The van der Waals surface area contributed by atoms with Crippen LogP contribution in [0.3, 0.4) is 0 Å². The summed E-state index contributed by atoms with van der Waals surface area (Å²) in [6.45, 7) is 1.70. The lowest BCUT2D eigenvalue weighted by Crippen LogP contribution is -2.25. The highest BCUT2D eigenvalue weighted by Crippen LogP contribution is 2.33. The van der Waals surface area contributed by atoms with Crippen molar-refractivity contribution in [2.45, 2.75) is 12.8 Å². The number of hydrogen-bond donors (Lipinski definition) is 1. The molecule has 2 aliphatic heterocycles. The molecule has 2 aliphatic rings. The molecular weight excluding hydrogens is 352 g/mol. The molecule has 112 valence electrons. The first-order valence-corrected chi connectivity index (χ1v) is 7.56. The molecule has 0 radical (unpaired) electrons. The van der Waals surface area contributed by atoms with Gasteiger partial charge in [0, 0.05) is 18.7 Å². The van der Waals surface area contributed by atoms with Crippen molar-refractivity contribution < 1.29 is 9.90 Å². The summed E-state index contributed by atoms with van der Waals surface area (Å²) >= 11 is 1.60. The van der Waals surface area contributed by atoms with E-state index in [1.54, 1.807) is 11.8 Å². The summed E-state index contributed by atoms with van der Waals surface area (Å²) < 4.78 is 0. The Morgan fingerprint density at radius 2 is 2.10 bits per heavy atom. The SMILES string of the molecule is Br.O=C(O)[C@@H](CC1=CSC2=NCCN12)Cc1ccccc1. The number of thioether (sulfide) groups is 1. The molecule has 0 saturated heterocycles. The van der Waals surface area contributed by atoms with Crippen molar-refractivity contribution in [2.75, 3.05) is 13.1 Å². The number of amidine groups is 1. The molecule has 1 N–H and O–H groups in total. The number of hydrogen-bond acceptors (Lipinski definition) is 4. The van der Waals surface area contributed by atoms with Gasteiger partial charge in [-0.3, -0.25) is 9.79 Å². The number of allylic oxidation sites excluding steroid dienone is 1. The van der Waals surface area contributed by atoms with Crippen LogP contribution >= 0.6 is 28.7 Å². The van der Waals surface area contributed by atoms with Crippen molar-refractivity contribution in [3.63, 3.8) is 0 Å². The lowest BCUT2D eigenvalue weighted by Gasteiger charge is -2.20. The van der Waals surface area contributed by atoms with Gasteiger partial charge in [0.05, 0.1) is 12.5 Å². The lowest BCUT2D eigenvalue weighted by atomic mass is 9.95. The second-order valence-corrected chi connectivity index (χ2v) is 5.81. The highest BCUT2D eigenvalue weighted by atomic mass is 79.9. The van der Waals surface area contributed by atoms with E-state index in [0.717, 1.165) is 29.5 Å². The van der Waals surface area contributed by atoms with Crippen LogP contribution in [0.4, 0.5) is 0 Å². The largest absolute Gasteiger partial charge is 0.481 e. The number of rotatable bonds is 5. The van der Waals surface area contributed by atoms with E-state index in [0.29, 0.717) is 12.8 Å². The van der Waals surface area contributed by atoms with Crippen LogP contribution in [0.5, 0.6) is 0 Å². The van der Waals surface area contributed by atoms with Crippen molar-refractivity contribution in [1.29, 1.82) is 0 Å². The molecular formula is C15H17BrN2O2S. The molecule has 21 heavy (non-hydrogen) atoms. The Kier molecular flexibility index (Phi) is 5.47. The van der Waals surface area contributed by atoms with Crippen molar-refractivity contribution in [3.05, 3.63) is 47.0 Å². The number of aliphatic carboxylic acids is 1. The minimum Gasteiger partial charge on any atom is -0.481 e. The molecule has 0 unspecified atom stereocenters. The molecule has 0 saturated carbocycles. The van der Waals surface area contributed by atoms with Crippen molar-refractivity contribution in [3.8, 4) is 0 Å². The summed E-state index contributed by atoms with van der Waals surface area (Å²) in [6, 6.07) is 9.81. The van der Waals surface area contributed by atoms with Crippen LogP contribution in [0, 0.1) is 5.92 Å².